The van der Waals surface area contributed by atoms with Gasteiger partial charge in [0.25, 0.3) is 0 Å². The molecule has 0 aromatic heterocycles. The molecule has 2 rings (SSSR count). The lowest BCUT2D eigenvalue weighted by molar-refractivity contribution is -0.138. The standard InChI is InChI=1S/C41H64N8O10S/c1-23(2)33(26(7)50)47-38(55)35(25(5)6)48(8)41(58)59-22-27-15-17-28(18-16-27)44-36(53)29(13-12-19-43-40(42)57)45-37(54)34(24(3)4)46-31(51)14-10-9-11-20-49-32(52)21-30(60)39(49)56/h15-18,23-25,29-30,33-35,60H,9-14,19-22H2,1-8H3,(H,44,53)(H,45,54)(H,46,51)(H,47,55)(H3,42,43,57)/t29-,30?,33-,34-,35-/m0/s1. The highest BCUT2D eigenvalue weighted by Gasteiger charge is 2.36. The van der Waals surface area contributed by atoms with Crippen molar-refractivity contribution in [1.82, 2.24) is 31.1 Å². The van der Waals surface area contributed by atoms with Gasteiger partial charge in [0.15, 0.2) is 5.78 Å². The van der Waals surface area contributed by atoms with Crippen LogP contribution in [0.15, 0.2) is 24.3 Å². The minimum atomic E-state index is -1.06. The molecule has 0 spiro atoms. The Hall–Kier alpha value is -5.20. The van der Waals surface area contributed by atoms with Crippen LogP contribution in [0.2, 0.25) is 0 Å². The molecule has 18 nitrogen and oxygen atoms in total. The molecule has 1 saturated heterocycles. The molecule has 0 aliphatic carbocycles. The summed E-state index contributed by atoms with van der Waals surface area (Å²) in [6.07, 6.45) is 1.42. The molecule has 1 aromatic carbocycles. The Kier molecular flexibility index (Phi) is 21.0. The molecule has 9 amide bonds. The number of thiol groups is 1. The first-order valence-electron chi connectivity index (χ1n) is 20.4. The summed E-state index contributed by atoms with van der Waals surface area (Å²) >= 11 is 4.12. The lowest BCUT2D eigenvalue weighted by atomic mass is 9.97. The number of ketones is 1. The number of imide groups is 1. The Balaban J connectivity index is 2.01. The first kappa shape index (κ1) is 50.9. The van der Waals surface area contributed by atoms with Crippen molar-refractivity contribution in [2.75, 3.05) is 25.5 Å². The summed E-state index contributed by atoms with van der Waals surface area (Å²) in [5.41, 5.74) is 6.13. The highest BCUT2D eigenvalue weighted by molar-refractivity contribution is 7.81. The molecule has 19 heteroatoms. The van der Waals surface area contributed by atoms with E-state index in [9.17, 15) is 43.2 Å². The Morgan fingerprint density at radius 2 is 1.47 bits per heavy atom. The third-order valence-corrected chi connectivity index (χ3v) is 10.4. The molecule has 1 aliphatic rings. The lowest BCUT2D eigenvalue weighted by Gasteiger charge is -2.31. The normalized spacial score (nSPS) is 15.9. The second-order valence-corrected chi connectivity index (χ2v) is 16.7. The molecule has 1 aromatic rings. The predicted octanol–water partition coefficient (Wildman–Crippen LogP) is 2.64. The molecule has 1 aliphatic heterocycles. The van der Waals surface area contributed by atoms with E-state index in [1.54, 1.807) is 52.0 Å². The third kappa shape index (κ3) is 16.5. The molecule has 0 bridgehead atoms. The quantitative estimate of drug-likeness (QED) is 0.0455. The van der Waals surface area contributed by atoms with Crippen molar-refractivity contribution in [1.29, 1.82) is 0 Å². The molecular weight excluding hydrogens is 797 g/mol. The van der Waals surface area contributed by atoms with Crippen LogP contribution in [0.4, 0.5) is 15.3 Å². The Morgan fingerprint density at radius 3 is 2.00 bits per heavy atom. The van der Waals surface area contributed by atoms with Gasteiger partial charge in [0.1, 0.15) is 24.7 Å². The van der Waals surface area contributed by atoms with Gasteiger partial charge in [0, 0.05) is 38.7 Å². The van der Waals surface area contributed by atoms with Gasteiger partial charge in [0.05, 0.1) is 11.3 Å². The van der Waals surface area contributed by atoms with Gasteiger partial charge in [-0.2, -0.15) is 12.6 Å². The number of rotatable bonds is 24. The summed E-state index contributed by atoms with van der Waals surface area (Å²) in [6.45, 7) is 12.4. The maximum Gasteiger partial charge on any atom is 0.410 e. The number of amides is 9. The summed E-state index contributed by atoms with van der Waals surface area (Å²) in [6, 6.07) is 2.09. The number of Topliss-reactive ketones (excluding diaryl/α,β-unsaturated/α-hetero) is 1. The molecule has 1 heterocycles. The first-order chi connectivity index (χ1) is 28.1. The second-order valence-electron chi connectivity index (χ2n) is 16.1. The minimum absolute atomic E-state index is 0.0807. The summed E-state index contributed by atoms with van der Waals surface area (Å²) < 4.78 is 5.49. The average Bonchev–Trinajstić information content (AvgIpc) is 3.41. The lowest BCUT2D eigenvalue weighted by Crippen LogP contribution is -2.55. The van der Waals surface area contributed by atoms with Crippen LogP contribution in [0.5, 0.6) is 0 Å². The van der Waals surface area contributed by atoms with Gasteiger partial charge in [-0.05, 0) is 68.1 Å². The van der Waals surface area contributed by atoms with Gasteiger partial charge in [0.2, 0.25) is 35.4 Å². The number of hydrogen-bond acceptors (Lipinski definition) is 11. The number of nitrogens with two attached hydrogens (primary N) is 1. The number of ether oxygens (including phenoxy) is 1. The van der Waals surface area contributed by atoms with E-state index < -0.39 is 59.3 Å². The number of nitrogens with zero attached hydrogens (tertiary/aromatic N) is 2. The Labute approximate surface area is 358 Å². The molecule has 334 valence electrons. The number of anilines is 1. The molecule has 0 saturated carbocycles. The number of likely N-dealkylation sites (tertiary alicyclic amines) is 1. The zero-order valence-corrected chi connectivity index (χ0v) is 36.9. The molecule has 1 fully saturated rings. The number of primary amides is 1. The number of unbranched alkanes of at least 4 members (excludes halogenated alkanes) is 2. The Bertz CT molecular complexity index is 1690. The number of urea groups is 1. The zero-order chi connectivity index (χ0) is 45.3. The van der Waals surface area contributed by atoms with Gasteiger partial charge in [-0.3, -0.25) is 43.4 Å². The van der Waals surface area contributed by atoms with Crippen LogP contribution in [0, 0.1) is 17.8 Å². The number of nitrogens with one attached hydrogen (secondary N) is 5. The predicted molar refractivity (Wildman–Crippen MR) is 227 cm³/mol. The van der Waals surface area contributed by atoms with Crippen molar-refractivity contribution in [3.05, 3.63) is 29.8 Å². The van der Waals surface area contributed by atoms with Gasteiger partial charge in [-0.15, -0.1) is 0 Å². The van der Waals surface area contributed by atoms with Crippen LogP contribution in [0.25, 0.3) is 0 Å². The Morgan fingerprint density at radius 1 is 0.833 bits per heavy atom. The molecule has 5 atom stereocenters. The largest absolute Gasteiger partial charge is 0.445 e. The molecule has 7 N–H and O–H groups in total. The van der Waals surface area contributed by atoms with E-state index in [1.165, 1.54) is 23.8 Å². The van der Waals surface area contributed by atoms with Crippen LogP contribution in [-0.4, -0.2) is 113 Å². The van der Waals surface area contributed by atoms with Crippen LogP contribution >= 0.6 is 12.6 Å². The van der Waals surface area contributed by atoms with Crippen molar-refractivity contribution in [2.45, 2.75) is 129 Å². The van der Waals surface area contributed by atoms with E-state index in [0.29, 0.717) is 30.5 Å². The SMILES string of the molecule is CC(=O)[C@@H](NC(=O)[C@H](C(C)C)N(C)C(=O)OCc1ccc(NC(=O)[C@H](CCCNC(N)=O)NC(=O)[C@@H](NC(=O)CCCCCN2C(=O)CC(S)C2=O)C(C)C)cc1)C(C)C. The topological polar surface area (TPSA) is 256 Å². The van der Waals surface area contributed by atoms with Gasteiger partial charge < -0.3 is 37.1 Å². The van der Waals surface area contributed by atoms with Gasteiger partial charge in [-0.1, -0.05) is 60.1 Å². The van der Waals surface area contributed by atoms with Crippen LogP contribution in [0.1, 0.15) is 99.0 Å². The van der Waals surface area contributed by atoms with E-state index in [-0.39, 0.29) is 86.6 Å². The number of carbonyl (C=O) groups is 9. The molecular formula is C41H64N8O10S. The number of benzene rings is 1. The zero-order valence-electron chi connectivity index (χ0n) is 36.0. The fraction of sp³-hybridized carbons (Fsp3) is 0.634. The molecule has 60 heavy (non-hydrogen) atoms. The second kappa shape index (κ2) is 24.8. The number of likely N-dealkylation sites (N-methyl/N-ethyl adjacent to an activating group) is 1. The fourth-order valence-electron chi connectivity index (χ4n) is 6.64. The highest BCUT2D eigenvalue weighted by atomic mass is 32.1. The van der Waals surface area contributed by atoms with Gasteiger partial charge >= 0.3 is 12.1 Å². The number of carbonyl (C=O) groups excluding carboxylic acids is 9. The van der Waals surface area contributed by atoms with Crippen LogP contribution < -0.4 is 32.3 Å². The van der Waals surface area contributed by atoms with E-state index >= 15 is 0 Å². The summed E-state index contributed by atoms with van der Waals surface area (Å²) in [7, 11) is 1.45. The van der Waals surface area contributed by atoms with Crippen molar-refractivity contribution < 1.29 is 47.9 Å². The summed E-state index contributed by atoms with van der Waals surface area (Å²) in [4.78, 5) is 116. The minimum Gasteiger partial charge on any atom is -0.445 e. The molecule has 1 unspecified atom stereocenters. The van der Waals surface area contributed by atoms with E-state index in [2.05, 4.69) is 39.2 Å². The maximum absolute atomic E-state index is 13.5. The average molecular weight is 861 g/mol. The highest BCUT2D eigenvalue weighted by Crippen LogP contribution is 2.19. The van der Waals surface area contributed by atoms with Crippen LogP contribution in [-0.2, 0) is 44.9 Å². The van der Waals surface area contributed by atoms with E-state index in [0.717, 1.165) is 0 Å². The van der Waals surface area contributed by atoms with Crippen molar-refractivity contribution >= 4 is 71.7 Å². The molecule has 0 radical (unpaired) electrons. The van der Waals surface area contributed by atoms with Crippen LogP contribution in [0.3, 0.4) is 0 Å². The van der Waals surface area contributed by atoms with E-state index in [1.807, 2.05) is 13.8 Å². The number of hydrogen-bond donors (Lipinski definition) is 7. The first-order valence-corrected chi connectivity index (χ1v) is 20.9. The summed E-state index contributed by atoms with van der Waals surface area (Å²) in [5.74, 6) is -3.49. The monoisotopic (exact) mass is 860 g/mol. The fourth-order valence-corrected chi connectivity index (χ4v) is 6.93. The smallest absolute Gasteiger partial charge is 0.410 e. The third-order valence-electron chi connectivity index (χ3n) is 9.96. The van der Waals surface area contributed by atoms with Crippen molar-refractivity contribution in [3.8, 4) is 0 Å². The maximum atomic E-state index is 13.5. The van der Waals surface area contributed by atoms with E-state index in [4.69, 9.17) is 10.5 Å². The van der Waals surface area contributed by atoms with Crippen molar-refractivity contribution in [2.24, 2.45) is 23.5 Å². The van der Waals surface area contributed by atoms with Gasteiger partial charge in [-0.25, -0.2) is 9.59 Å². The van der Waals surface area contributed by atoms with Crippen molar-refractivity contribution in [3.63, 3.8) is 0 Å². The summed E-state index contributed by atoms with van der Waals surface area (Å²) in [5, 5.41) is 12.9.